The quantitative estimate of drug-likeness (QED) is 0.447. The maximum atomic E-state index is 5.29. The van der Waals surface area contributed by atoms with Crippen LogP contribution >= 0.6 is 0 Å². The van der Waals surface area contributed by atoms with Crippen molar-refractivity contribution in [1.82, 2.24) is 0 Å². The molecule has 56 valence electrons. The molecular weight excluding hydrogens is 123 g/mol. The van der Waals surface area contributed by atoms with Crippen LogP contribution in [0.2, 0.25) is 0 Å². The number of nitrogens with two attached hydrogens (primary N) is 1. The Morgan fingerprint density at radius 3 is 2.50 bits per heavy atom. The summed E-state index contributed by atoms with van der Waals surface area (Å²) in [5.41, 5.74) is 6.34. The summed E-state index contributed by atoms with van der Waals surface area (Å²) in [7, 11) is 1.97. The Bertz CT molecular complexity index is 150. The highest BCUT2D eigenvalue weighted by atomic mass is 14.9. The molecule has 0 aromatic carbocycles. The molecule has 0 saturated heterocycles. The average Bonchev–Trinajstić information content (AvgIpc) is 1.58. The molecule has 0 aromatic heterocycles. The Morgan fingerprint density at radius 2 is 2.20 bits per heavy atom. The molecule has 0 aliphatic rings. The Morgan fingerprint density at radius 1 is 1.70 bits per heavy atom. The first-order valence-corrected chi connectivity index (χ1v) is 3.51. The van der Waals surface area contributed by atoms with Crippen molar-refractivity contribution in [2.75, 3.05) is 0 Å². The lowest BCUT2D eigenvalue weighted by Gasteiger charge is -2.02. The molecule has 0 radical (unpaired) electrons. The molecule has 0 saturated carbocycles. The van der Waals surface area contributed by atoms with E-state index < -0.39 is 0 Å². The van der Waals surface area contributed by atoms with Gasteiger partial charge in [-0.3, -0.25) is 4.99 Å². The van der Waals surface area contributed by atoms with Crippen molar-refractivity contribution in [3.8, 4) is 0 Å². The summed E-state index contributed by atoms with van der Waals surface area (Å²) >= 11 is 0. The minimum absolute atomic E-state index is 0.401. The van der Waals surface area contributed by atoms with Crippen LogP contribution in [0.5, 0.6) is 0 Å². The summed E-state index contributed by atoms with van der Waals surface area (Å²) in [5.74, 6) is 1.04. The van der Waals surface area contributed by atoms with Gasteiger partial charge < -0.3 is 5.73 Å². The maximum absolute atomic E-state index is 5.29. The number of hydrogen-bond donors (Lipinski definition) is 1. The van der Waals surface area contributed by atoms with Crippen LogP contribution in [0.15, 0.2) is 17.4 Å². The van der Waals surface area contributed by atoms with E-state index in [-0.39, 0.29) is 0 Å². The Balaban J connectivity index is 3.83. The molecule has 0 spiro atoms. The van der Waals surface area contributed by atoms with Gasteiger partial charge in [0.2, 0.25) is 0 Å². The highest BCUT2D eigenvalue weighted by Crippen LogP contribution is 2.00. The van der Waals surface area contributed by atoms with Crippen molar-refractivity contribution in [2.45, 2.75) is 20.3 Å². The van der Waals surface area contributed by atoms with Crippen LogP contribution in [0.4, 0.5) is 0 Å². The first-order valence-electron chi connectivity index (χ1n) is 3.51. The molecule has 0 amide bonds. The number of nitrogens with zero attached hydrogens (tertiary/aromatic N) is 1. The Kier molecular flexibility index (Phi) is 3.85. The van der Waals surface area contributed by atoms with E-state index in [4.69, 9.17) is 5.73 Å². The van der Waals surface area contributed by atoms with Crippen molar-refractivity contribution in [1.29, 1.82) is 0 Å². The van der Waals surface area contributed by atoms with Crippen LogP contribution in [-0.4, -0.2) is 13.5 Å². The van der Waals surface area contributed by atoms with E-state index in [1.807, 2.05) is 7.85 Å². The van der Waals surface area contributed by atoms with Crippen molar-refractivity contribution in [3.63, 3.8) is 0 Å². The second-order valence-electron chi connectivity index (χ2n) is 2.94. The first-order chi connectivity index (χ1) is 4.52. The zero-order chi connectivity index (χ0) is 8.15. The van der Waals surface area contributed by atoms with Crippen LogP contribution < -0.4 is 5.73 Å². The smallest absolute Gasteiger partial charge is 0.158 e. The van der Waals surface area contributed by atoms with Gasteiger partial charge >= 0.3 is 0 Å². The van der Waals surface area contributed by atoms with Crippen LogP contribution in [-0.2, 0) is 0 Å². The summed E-state index contributed by atoms with van der Waals surface area (Å²) in [6.45, 7) is 7.79. The lowest BCUT2D eigenvalue weighted by Crippen LogP contribution is -2.05. The molecule has 3 heteroatoms. The average molecular weight is 138 g/mol. The fraction of sp³-hybridized carbons (Fsp3) is 0.571. The van der Waals surface area contributed by atoms with Gasteiger partial charge in [-0.1, -0.05) is 20.4 Å². The number of aliphatic imine (C=N–C) groups is 1. The second kappa shape index (κ2) is 4.15. The van der Waals surface area contributed by atoms with Gasteiger partial charge in [0.1, 0.15) is 5.82 Å². The van der Waals surface area contributed by atoms with Gasteiger partial charge in [-0.2, -0.15) is 0 Å². The van der Waals surface area contributed by atoms with Crippen LogP contribution in [0.25, 0.3) is 0 Å². The predicted octanol–water partition coefficient (Wildman–Crippen LogP) is 0.494. The maximum Gasteiger partial charge on any atom is 0.158 e. The summed E-state index contributed by atoms with van der Waals surface area (Å²) in [6, 6.07) is 0. The van der Waals surface area contributed by atoms with Crippen LogP contribution in [0.3, 0.4) is 0 Å². The van der Waals surface area contributed by atoms with Gasteiger partial charge in [-0.05, 0) is 17.9 Å². The van der Waals surface area contributed by atoms with Gasteiger partial charge in [-0.15, -0.1) is 0 Å². The lowest BCUT2D eigenvalue weighted by molar-refractivity contribution is 0.687. The lowest BCUT2D eigenvalue weighted by atomic mass is 9.92. The number of rotatable bonds is 3. The van der Waals surface area contributed by atoms with Gasteiger partial charge in [0.15, 0.2) is 7.85 Å². The first kappa shape index (κ1) is 9.27. The molecule has 2 nitrogen and oxygen atoms in total. The monoisotopic (exact) mass is 138 g/mol. The molecule has 2 N–H and O–H groups in total. The number of hydrogen-bond acceptors (Lipinski definition) is 2. The molecule has 0 unspecified atom stereocenters. The summed E-state index contributed by atoms with van der Waals surface area (Å²) < 4.78 is 0. The summed E-state index contributed by atoms with van der Waals surface area (Å²) in [6.07, 6.45) is 0.996. The van der Waals surface area contributed by atoms with E-state index in [1.165, 1.54) is 0 Å². The van der Waals surface area contributed by atoms with E-state index in [0.717, 1.165) is 12.0 Å². The fourth-order valence-electron chi connectivity index (χ4n) is 0.882. The predicted molar refractivity (Wildman–Crippen MR) is 48.8 cm³/mol. The molecule has 0 atom stereocenters. The topological polar surface area (TPSA) is 38.4 Å². The van der Waals surface area contributed by atoms with E-state index in [1.54, 1.807) is 0 Å². The highest BCUT2D eigenvalue weighted by molar-refractivity contribution is 6.59. The van der Waals surface area contributed by atoms with Crippen molar-refractivity contribution < 1.29 is 0 Å². The Labute approximate surface area is 63.6 Å². The normalized spacial score (nSPS) is 12.1. The molecule has 0 rings (SSSR count). The zero-order valence-electron chi connectivity index (χ0n) is 7.02. The van der Waals surface area contributed by atoms with Crippen molar-refractivity contribution >= 4 is 13.5 Å². The minimum Gasteiger partial charge on any atom is -0.384 e. The molecule has 0 bridgehead atoms. The van der Waals surface area contributed by atoms with E-state index in [9.17, 15) is 0 Å². The van der Waals surface area contributed by atoms with Gasteiger partial charge in [0.05, 0.1) is 0 Å². The molecule has 0 fully saturated rings. The van der Waals surface area contributed by atoms with Gasteiger partial charge in [0, 0.05) is 0 Å². The minimum atomic E-state index is 0.401. The summed E-state index contributed by atoms with van der Waals surface area (Å²) in [4.78, 5) is 4.02. The third kappa shape index (κ3) is 5.41. The van der Waals surface area contributed by atoms with E-state index in [0.29, 0.717) is 11.7 Å². The second-order valence-corrected chi connectivity index (χ2v) is 2.94. The largest absolute Gasteiger partial charge is 0.384 e. The fourth-order valence-corrected chi connectivity index (χ4v) is 0.882. The zero-order valence-corrected chi connectivity index (χ0v) is 7.02. The molecular formula is C7H15BN2. The van der Waals surface area contributed by atoms with Crippen molar-refractivity contribution in [3.05, 3.63) is 12.4 Å². The molecule has 0 aromatic rings. The van der Waals surface area contributed by atoms with Gasteiger partial charge in [0.25, 0.3) is 0 Å². The third-order valence-electron chi connectivity index (χ3n) is 1.04. The van der Waals surface area contributed by atoms with E-state index >= 15 is 0 Å². The van der Waals surface area contributed by atoms with Gasteiger partial charge in [-0.25, -0.2) is 0 Å². The molecule has 0 aliphatic carbocycles. The molecule has 0 aliphatic heterocycles. The van der Waals surface area contributed by atoms with Crippen LogP contribution in [0, 0.1) is 5.92 Å². The summed E-state index contributed by atoms with van der Waals surface area (Å²) in [5, 5.41) is 0. The van der Waals surface area contributed by atoms with Crippen LogP contribution in [0.1, 0.15) is 20.3 Å². The van der Waals surface area contributed by atoms with Crippen molar-refractivity contribution in [2.24, 2.45) is 16.6 Å². The van der Waals surface area contributed by atoms with E-state index in [2.05, 4.69) is 25.4 Å². The Hall–Kier alpha value is -0.725. The highest BCUT2D eigenvalue weighted by Gasteiger charge is 1.95. The standard InChI is InChI=1S/C7H15BN2/c1-5(2)4-7(8)10-6(3)9/h5H,3-4,8-9H2,1-2H3/b10-7+. The molecule has 0 heterocycles. The molecule has 10 heavy (non-hydrogen) atoms. The third-order valence-corrected chi connectivity index (χ3v) is 1.04. The SMILES string of the molecule is B/C(CC(C)C)=N/C(=C)N.